The van der Waals surface area contributed by atoms with Gasteiger partial charge in [-0.3, -0.25) is 0 Å². The van der Waals surface area contributed by atoms with Crippen LogP contribution in [0.5, 0.6) is 5.88 Å². The molecule has 6 heteroatoms. The van der Waals surface area contributed by atoms with Crippen molar-refractivity contribution in [1.29, 1.82) is 0 Å². The van der Waals surface area contributed by atoms with Crippen molar-refractivity contribution in [1.82, 2.24) is 25.3 Å². The molecule has 2 heterocycles. The third-order valence-electron chi connectivity index (χ3n) is 2.54. The van der Waals surface area contributed by atoms with Gasteiger partial charge < -0.3 is 10.1 Å². The van der Waals surface area contributed by atoms with E-state index < -0.39 is 0 Å². The number of aromatic nitrogens is 4. The molecule has 0 saturated heterocycles. The van der Waals surface area contributed by atoms with E-state index in [2.05, 4.69) is 32.2 Å². The van der Waals surface area contributed by atoms with Crippen LogP contribution in [-0.4, -0.2) is 33.6 Å². The summed E-state index contributed by atoms with van der Waals surface area (Å²) in [6.07, 6.45) is 6.16. The molecule has 0 unspecified atom stereocenters. The van der Waals surface area contributed by atoms with Crippen LogP contribution in [0, 0.1) is 0 Å². The van der Waals surface area contributed by atoms with E-state index in [4.69, 9.17) is 4.74 Å². The molecule has 2 aromatic heterocycles. The number of hydrogen-bond donors (Lipinski definition) is 1. The second-order valence-corrected chi connectivity index (χ2v) is 4.04. The van der Waals surface area contributed by atoms with Gasteiger partial charge in [-0.15, -0.1) is 0 Å². The van der Waals surface area contributed by atoms with Crippen molar-refractivity contribution in [3.05, 3.63) is 30.4 Å². The highest BCUT2D eigenvalue weighted by molar-refractivity contribution is 5.49. The average molecular weight is 259 g/mol. The minimum atomic E-state index is 0.502. The maximum absolute atomic E-state index is 5.05. The number of methoxy groups -OCH3 is 1. The lowest BCUT2D eigenvalue weighted by Gasteiger charge is -2.04. The van der Waals surface area contributed by atoms with Crippen molar-refractivity contribution in [2.45, 2.75) is 19.9 Å². The molecule has 2 rings (SSSR count). The third kappa shape index (κ3) is 3.69. The Balaban J connectivity index is 2.08. The minimum Gasteiger partial charge on any atom is -0.481 e. The summed E-state index contributed by atoms with van der Waals surface area (Å²) in [5.41, 5.74) is 1.71. The van der Waals surface area contributed by atoms with Gasteiger partial charge in [-0.05, 0) is 13.0 Å². The minimum absolute atomic E-state index is 0.502. The van der Waals surface area contributed by atoms with Crippen LogP contribution in [-0.2, 0) is 6.54 Å². The Morgan fingerprint density at radius 1 is 1.16 bits per heavy atom. The average Bonchev–Trinajstić information content (AvgIpc) is 2.48. The molecule has 100 valence electrons. The molecule has 0 bridgehead atoms. The van der Waals surface area contributed by atoms with Crippen molar-refractivity contribution in [3.8, 4) is 17.4 Å². The van der Waals surface area contributed by atoms with E-state index in [1.807, 2.05) is 0 Å². The number of nitrogens with one attached hydrogen (secondary N) is 1. The van der Waals surface area contributed by atoms with Gasteiger partial charge >= 0.3 is 0 Å². The maximum atomic E-state index is 5.05. The molecule has 0 fully saturated rings. The van der Waals surface area contributed by atoms with Crippen LogP contribution in [0.3, 0.4) is 0 Å². The fraction of sp³-hybridized carbons (Fsp3) is 0.385. The van der Waals surface area contributed by atoms with E-state index >= 15 is 0 Å². The molecule has 0 saturated carbocycles. The lowest BCUT2D eigenvalue weighted by molar-refractivity contribution is 0.397. The lowest BCUT2D eigenvalue weighted by Crippen LogP contribution is -2.14. The zero-order valence-electron chi connectivity index (χ0n) is 11.1. The molecule has 0 aliphatic rings. The van der Waals surface area contributed by atoms with Gasteiger partial charge in [-0.1, -0.05) is 6.92 Å². The van der Waals surface area contributed by atoms with Crippen LogP contribution >= 0.6 is 0 Å². The third-order valence-corrected chi connectivity index (χ3v) is 2.54. The number of nitrogens with zero attached hydrogens (tertiary/aromatic N) is 4. The van der Waals surface area contributed by atoms with E-state index in [0.717, 1.165) is 25.1 Å². The Hall–Kier alpha value is -2.08. The standard InChI is InChI=1S/C13H17N5O/c1-3-4-14-6-10-7-15-13(16-8-10)11-5-12(19-2)18-9-17-11/h5,7-9,14H,3-4,6H2,1-2H3. The zero-order chi connectivity index (χ0) is 13.5. The summed E-state index contributed by atoms with van der Waals surface area (Å²) in [6.45, 7) is 3.90. The van der Waals surface area contributed by atoms with Crippen LogP contribution in [0.2, 0.25) is 0 Å². The summed E-state index contributed by atoms with van der Waals surface area (Å²) in [4.78, 5) is 16.7. The molecule has 0 aromatic carbocycles. The van der Waals surface area contributed by atoms with E-state index in [0.29, 0.717) is 17.4 Å². The normalized spacial score (nSPS) is 10.4. The molecule has 0 radical (unpaired) electrons. The van der Waals surface area contributed by atoms with Gasteiger partial charge in [0.1, 0.15) is 12.0 Å². The maximum Gasteiger partial charge on any atom is 0.216 e. The Morgan fingerprint density at radius 3 is 2.63 bits per heavy atom. The Morgan fingerprint density at radius 2 is 1.95 bits per heavy atom. The van der Waals surface area contributed by atoms with Gasteiger partial charge in [-0.25, -0.2) is 19.9 Å². The number of ether oxygens (including phenoxy) is 1. The van der Waals surface area contributed by atoms with Crippen LogP contribution in [0.4, 0.5) is 0 Å². The largest absolute Gasteiger partial charge is 0.481 e. The highest BCUT2D eigenvalue weighted by atomic mass is 16.5. The van der Waals surface area contributed by atoms with Crippen molar-refractivity contribution in [3.63, 3.8) is 0 Å². The fourth-order valence-corrected chi connectivity index (χ4v) is 1.56. The molecule has 2 aromatic rings. The molecule has 0 aliphatic heterocycles. The fourth-order valence-electron chi connectivity index (χ4n) is 1.56. The first-order valence-corrected chi connectivity index (χ1v) is 6.21. The number of hydrogen-bond acceptors (Lipinski definition) is 6. The smallest absolute Gasteiger partial charge is 0.216 e. The highest BCUT2D eigenvalue weighted by Gasteiger charge is 2.05. The van der Waals surface area contributed by atoms with E-state index in [1.54, 1.807) is 25.6 Å². The topological polar surface area (TPSA) is 72.8 Å². The van der Waals surface area contributed by atoms with E-state index in [1.165, 1.54) is 6.33 Å². The van der Waals surface area contributed by atoms with Gasteiger partial charge in [0.2, 0.25) is 5.88 Å². The van der Waals surface area contributed by atoms with Gasteiger partial charge in [0, 0.05) is 30.6 Å². The summed E-state index contributed by atoms with van der Waals surface area (Å²) < 4.78 is 5.05. The predicted octanol–water partition coefficient (Wildman–Crippen LogP) is 1.44. The van der Waals surface area contributed by atoms with Crippen molar-refractivity contribution in [2.24, 2.45) is 0 Å². The first-order valence-electron chi connectivity index (χ1n) is 6.21. The van der Waals surface area contributed by atoms with E-state index in [9.17, 15) is 0 Å². The molecule has 0 aliphatic carbocycles. The van der Waals surface area contributed by atoms with Gasteiger partial charge in [-0.2, -0.15) is 0 Å². The molecule has 19 heavy (non-hydrogen) atoms. The van der Waals surface area contributed by atoms with Crippen LogP contribution in [0.25, 0.3) is 11.5 Å². The molecule has 0 spiro atoms. The summed E-state index contributed by atoms with van der Waals surface area (Å²) in [7, 11) is 1.56. The highest BCUT2D eigenvalue weighted by Crippen LogP contribution is 2.15. The van der Waals surface area contributed by atoms with Crippen molar-refractivity contribution in [2.75, 3.05) is 13.7 Å². The summed E-state index contributed by atoms with van der Waals surface area (Å²) in [5.74, 6) is 1.07. The van der Waals surface area contributed by atoms with Gasteiger partial charge in [0.15, 0.2) is 5.82 Å². The summed E-state index contributed by atoms with van der Waals surface area (Å²) in [5, 5.41) is 3.30. The molecular weight excluding hydrogens is 242 g/mol. The Labute approximate surface area is 112 Å². The second-order valence-electron chi connectivity index (χ2n) is 4.04. The SMILES string of the molecule is CCCNCc1cnc(-c2cc(OC)ncn2)nc1. The van der Waals surface area contributed by atoms with Gasteiger partial charge in [0.05, 0.1) is 7.11 Å². The van der Waals surface area contributed by atoms with Crippen LogP contribution < -0.4 is 10.1 Å². The Kier molecular flexibility index (Phi) is 4.74. The second kappa shape index (κ2) is 6.75. The van der Waals surface area contributed by atoms with Crippen LogP contribution in [0.1, 0.15) is 18.9 Å². The monoisotopic (exact) mass is 259 g/mol. The van der Waals surface area contributed by atoms with Crippen molar-refractivity contribution < 1.29 is 4.74 Å². The predicted molar refractivity (Wildman–Crippen MR) is 71.6 cm³/mol. The first-order chi connectivity index (χ1) is 9.33. The molecule has 0 amide bonds. The van der Waals surface area contributed by atoms with Crippen molar-refractivity contribution >= 4 is 0 Å². The van der Waals surface area contributed by atoms with Crippen LogP contribution in [0.15, 0.2) is 24.8 Å². The molecule has 0 atom stereocenters. The molecular formula is C13H17N5O. The lowest BCUT2D eigenvalue weighted by atomic mass is 10.3. The zero-order valence-corrected chi connectivity index (χ0v) is 11.1. The summed E-state index contributed by atoms with van der Waals surface area (Å²) in [6, 6.07) is 1.71. The number of rotatable bonds is 6. The quantitative estimate of drug-likeness (QED) is 0.791. The van der Waals surface area contributed by atoms with Gasteiger partial charge in [0.25, 0.3) is 0 Å². The molecule has 1 N–H and O–H groups in total. The first kappa shape index (κ1) is 13.4. The summed E-state index contributed by atoms with van der Waals surface area (Å²) >= 11 is 0. The molecule has 6 nitrogen and oxygen atoms in total. The van der Waals surface area contributed by atoms with E-state index in [-0.39, 0.29) is 0 Å². The Bertz CT molecular complexity index is 515.